The number of allylic oxidation sites excluding steroid dienone is 10. The van der Waals surface area contributed by atoms with Crippen molar-refractivity contribution in [3.05, 3.63) is 60.8 Å². The molecule has 1 N–H and O–H groups in total. The van der Waals surface area contributed by atoms with E-state index in [2.05, 4.69) is 74.6 Å². The van der Waals surface area contributed by atoms with Crippen molar-refractivity contribution in [1.29, 1.82) is 0 Å². The predicted molar refractivity (Wildman–Crippen MR) is 243 cm³/mol. The topological polar surface area (TPSA) is 99.1 Å². The van der Waals surface area contributed by atoms with Gasteiger partial charge in [-0.1, -0.05) is 164 Å². The summed E-state index contributed by atoms with van der Waals surface area (Å²) in [6, 6.07) is -0.623. The number of carboxylic acid groups (broad SMARTS) is 1. The molecule has 0 fully saturated rings. The van der Waals surface area contributed by atoms with Gasteiger partial charge in [0.15, 0.2) is 12.1 Å². The third kappa shape index (κ3) is 38.5. The molecule has 0 aliphatic heterocycles. The van der Waals surface area contributed by atoms with Gasteiger partial charge in [-0.15, -0.1) is 0 Å². The zero-order chi connectivity index (χ0) is 42.8. The number of nitrogens with zero attached hydrogens (tertiary/aromatic N) is 1. The second-order valence-electron chi connectivity index (χ2n) is 16.7. The number of unbranched alkanes of at least 4 members (excludes halogenated alkanes) is 17. The molecule has 8 nitrogen and oxygen atoms in total. The number of ether oxygens (including phenoxy) is 3. The number of aliphatic carboxylic acids is 1. The highest BCUT2D eigenvalue weighted by Gasteiger charge is 2.31. The van der Waals surface area contributed by atoms with E-state index in [1.165, 1.54) is 89.9 Å². The summed E-state index contributed by atoms with van der Waals surface area (Å²) in [6.45, 7) is 4.66. The van der Waals surface area contributed by atoms with Crippen LogP contribution in [0.3, 0.4) is 0 Å². The fourth-order valence-electron chi connectivity index (χ4n) is 6.52. The average molecular weight is 815 g/mol. The molecule has 0 saturated carbocycles. The van der Waals surface area contributed by atoms with Crippen LogP contribution in [0.4, 0.5) is 0 Å². The van der Waals surface area contributed by atoms with E-state index >= 15 is 0 Å². The van der Waals surface area contributed by atoms with E-state index in [4.69, 9.17) is 14.2 Å². The van der Waals surface area contributed by atoms with Gasteiger partial charge in [-0.05, 0) is 64.2 Å². The Morgan fingerprint density at radius 3 is 1.38 bits per heavy atom. The lowest BCUT2D eigenvalue weighted by Crippen LogP contribution is -2.50. The number of carbonyl (C=O) groups excluding carboxylic acids is 2. The minimum Gasteiger partial charge on any atom is -0.477 e. The Balaban J connectivity index is 4.40. The summed E-state index contributed by atoms with van der Waals surface area (Å²) in [5, 5.41) is 9.62. The second kappa shape index (κ2) is 40.8. The molecule has 58 heavy (non-hydrogen) atoms. The van der Waals surface area contributed by atoms with Gasteiger partial charge in [-0.3, -0.25) is 9.59 Å². The minimum atomic E-state index is -0.883. The monoisotopic (exact) mass is 815 g/mol. The van der Waals surface area contributed by atoms with Gasteiger partial charge in [0.05, 0.1) is 34.4 Å². The normalized spacial score (nSPS) is 13.5. The molecule has 0 aliphatic rings. The molecular formula is C50H88NO7+. The Bertz CT molecular complexity index is 1130. The van der Waals surface area contributed by atoms with Crippen molar-refractivity contribution in [1.82, 2.24) is 0 Å². The van der Waals surface area contributed by atoms with Gasteiger partial charge >= 0.3 is 17.9 Å². The molecule has 0 saturated heterocycles. The van der Waals surface area contributed by atoms with Crippen molar-refractivity contribution in [2.24, 2.45) is 0 Å². The zero-order valence-electron chi connectivity index (χ0n) is 38.0. The van der Waals surface area contributed by atoms with E-state index in [1.54, 1.807) is 0 Å². The molecule has 0 amide bonds. The van der Waals surface area contributed by atoms with Gasteiger partial charge in [0.2, 0.25) is 0 Å². The maximum atomic E-state index is 12.7. The largest absolute Gasteiger partial charge is 0.477 e. The summed E-state index contributed by atoms with van der Waals surface area (Å²) in [5.41, 5.74) is 0. The molecule has 2 unspecified atom stereocenters. The van der Waals surface area contributed by atoms with Crippen LogP contribution in [0.25, 0.3) is 0 Å². The smallest absolute Gasteiger partial charge is 0.362 e. The maximum absolute atomic E-state index is 12.7. The van der Waals surface area contributed by atoms with Crippen LogP contribution in [0.1, 0.15) is 187 Å². The summed E-state index contributed by atoms with van der Waals surface area (Å²) in [6.07, 6.45) is 49.8. The molecule has 0 bridgehead atoms. The van der Waals surface area contributed by atoms with E-state index in [-0.39, 0.29) is 42.7 Å². The molecule has 0 aliphatic carbocycles. The fourth-order valence-corrected chi connectivity index (χ4v) is 6.52. The van der Waals surface area contributed by atoms with Crippen LogP contribution >= 0.6 is 0 Å². The summed E-state index contributed by atoms with van der Waals surface area (Å²) in [5.74, 6) is -1.52. The number of hydrogen-bond acceptors (Lipinski definition) is 6. The van der Waals surface area contributed by atoms with Crippen molar-refractivity contribution in [2.75, 3.05) is 41.0 Å². The highest BCUT2D eigenvalue weighted by Crippen LogP contribution is 2.14. The van der Waals surface area contributed by atoms with Gasteiger partial charge in [-0.2, -0.15) is 0 Å². The first-order chi connectivity index (χ1) is 28.1. The first-order valence-corrected chi connectivity index (χ1v) is 23.3. The van der Waals surface area contributed by atoms with Gasteiger partial charge in [0.1, 0.15) is 6.61 Å². The molecule has 0 spiro atoms. The lowest BCUT2D eigenvalue weighted by Gasteiger charge is -2.31. The molecular weight excluding hydrogens is 727 g/mol. The number of hydrogen-bond donors (Lipinski definition) is 1. The van der Waals surface area contributed by atoms with Gasteiger partial charge in [0.25, 0.3) is 0 Å². The van der Waals surface area contributed by atoms with Crippen molar-refractivity contribution >= 4 is 17.9 Å². The number of carbonyl (C=O) groups is 3. The molecule has 0 aromatic rings. The van der Waals surface area contributed by atoms with Gasteiger partial charge in [0, 0.05) is 19.3 Å². The molecule has 0 heterocycles. The molecule has 0 rings (SSSR count). The Hall–Kier alpha value is -2.97. The van der Waals surface area contributed by atoms with Crippen molar-refractivity contribution < 1.29 is 38.2 Å². The Kier molecular flexibility index (Phi) is 38.7. The van der Waals surface area contributed by atoms with Crippen molar-refractivity contribution in [2.45, 2.75) is 199 Å². The summed E-state index contributed by atoms with van der Waals surface area (Å²) >= 11 is 0. The lowest BCUT2D eigenvalue weighted by atomic mass is 10.0. The van der Waals surface area contributed by atoms with Crippen LogP contribution in [0.15, 0.2) is 60.8 Å². The number of carboxylic acids is 1. The van der Waals surface area contributed by atoms with Crippen LogP contribution in [-0.4, -0.2) is 80.6 Å². The van der Waals surface area contributed by atoms with Crippen LogP contribution in [-0.2, 0) is 28.6 Å². The van der Waals surface area contributed by atoms with Gasteiger partial charge < -0.3 is 23.8 Å². The maximum Gasteiger partial charge on any atom is 0.362 e. The Morgan fingerprint density at radius 1 is 0.517 bits per heavy atom. The number of rotatable bonds is 41. The van der Waals surface area contributed by atoms with Crippen molar-refractivity contribution in [3.8, 4) is 0 Å². The average Bonchev–Trinajstić information content (AvgIpc) is 3.18. The summed E-state index contributed by atoms with van der Waals surface area (Å²) < 4.78 is 17.2. The minimum absolute atomic E-state index is 0.0431. The first kappa shape index (κ1) is 55.0. The standard InChI is InChI=1S/C50H87NO7/c1-6-8-10-12-14-16-18-20-21-22-23-24-25-26-27-29-31-33-35-37-39-41-49(53)58-46(44-56-43-42-47(50(54)55)51(3,4)5)45-57-48(52)40-38-36-34-32-30-28-19-17-15-13-11-9-7-2/h14,16,20-21,23-24,26-27,31,33,46-47H,6-13,15,17-19,22,25,28-30,32,34-45H2,1-5H3/p+1/b16-14+,21-20+,24-23+,27-26+,33-31+. The molecule has 334 valence electrons. The second-order valence-corrected chi connectivity index (χ2v) is 16.7. The zero-order valence-corrected chi connectivity index (χ0v) is 38.0. The third-order valence-electron chi connectivity index (χ3n) is 10.2. The Morgan fingerprint density at radius 2 is 0.914 bits per heavy atom. The highest BCUT2D eigenvalue weighted by atomic mass is 16.6. The van der Waals surface area contributed by atoms with E-state index in [9.17, 15) is 19.5 Å². The molecule has 8 heteroatoms. The van der Waals surface area contributed by atoms with Gasteiger partial charge in [-0.25, -0.2) is 4.79 Å². The highest BCUT2D eigenvalue weighted by molar-refractivity contribution is 5.72. The van der Waals surface area contributed by atoms with Crippen LogP contribution in [0.5, 0.6) is 0 Å². The van der Waals surface area contributed by atoms with E-state index in [0.29, 0.717) is 19.3 Å². The third-order valence-corrected chi connectivity index (χ3v) is 10.2. The predicted octanol–water partition coefficient (Wildman–Crippen LogP) is 13.0. The quantitative estimate of drug-likeness (QED) is 0.0284. The Labute approximate surface area is 356 Å². The van der Waals surface area contributed by atoms with Crippen LogP contribution < -0.4 is 0 Å². The summed E-state index contributed by atoms with van der Waals surface area (Å²) in [4.78, 5) is 37.0. The molecule has 0 radical (unpaired) electrons. The lowest BCUT2D eigenvalue weighted by molar-refractivity contribution is -0.887. The van der Waals surface area contributed by atoms with Crippen LogP contribution in [0.2, 0.25) is 0 Å². The number of esters is 2. The first-order valence-electron chi connectivity index (χ1n) is 23.3. The van der Waals surface area contributed by atoms with E-state index < -0.39 is 18.1 Å². The van der Waals surface area contributed by atoms with Crippen molar-refractivity contribution in [3.63, 3.8) is 0 Å². The SMILES string of the molecule is CCCCC/C=C/C/C=C/C/C=C/C/C=C/C/C=C/CCCCC(=O)OC(COCCC(C(=O)O)[N+](C)(C)C)COC(=O)CCCCCCCCCCCCCCC. The summed E-state index contributed by atoms with van der Waals surface area (Å²) in [7, 11) is 5.51. The molecule has 0 aromatic carbocycles. The van der Waals surface area contributed by atoms with E-state index in [1.807, 2.05) is 21.1 Å². The fraction of sp³-hybridized carbons (Fsp3) is 0.740. The number of likely N-dealkylation sites (N-methyl/N-ethyl adjacent to an activating group) is 1. The van der Waals surface area contributed by atoms with E-state index in [0.717, 1.165) is 57.8 Å². The molecule has 0 aromatic heterocycles. The molecule has 2 atom stereocenters. The van der Waals surface area contributed by atoms with Crippen LogP contribution in [0, 0.1) is 0 Å². The number of quaternary nitrogens is 1.